The van der Waals surface area contributed by atoms with Crippen LogP contribution in [-0.4, -0.2) is 19.0 Å². The summed E-state index contributed by atoms with van der Waals surface area (Å²) in [5, 5.41) is 2.89. The number of nitrogens with one attached hydrogen (secondary N) is 1. The second-order valence-corrected chi connectivity index (χ2v) is 7.74. The minimum Gasteiger partial charge on any atom is -0.351 e. The first-order valence-corrected chi connectivity index (χ1v) is 9.79. The molecule has 28 heavy (non-hydrogen) atoms. The van der Waals surface area contributed by atoms with Gasteiger partial charge in [-0.1, -0.05) is 62.4 Å². The van der Waals surface area contributed by atoms with Crippen LogP contribution in [0.2, 0.25) is 0 Å². The van der Waals surface area contributed by atoms with Crippen LogP contribution in [0.3, 0.4) is 0 Å². The number of carbonyl (C=O) groups is 1. The Hall–Kier alpha value is -2.85. The highest BCUT2D eigenvalue weighted by molar-refractivity contribution is 5.94. The van der Waals surface area contributed by atoms with Crippen molar-refractivity contribution in [3.8, 4) is 0 Å². The number of amides is 1. The molecular formula is C24H29N3O. The van der Waals surface area contributed by atoms with Crippen LogP contribution in [-0.2, 0) is 4.79 Å². The number of rotatable bonds is 6. The van der Waals surface area contributed by atoms with Gasteiger partial charge in [0.2, 0.25) is 5.91 Å². The first-order valence-electron chi connectivity index (χ1n) is 9.79. The highest BCUT2D eigenvalue weighted by Crippen LogP contribution is 2.33. The van der Waals surface area contributed by atoms with Crippen molar-refractivity contribution in [2.24, 2.45) is 11.7 Å². The zero-order chi connectivity index (χ0) is 20.1. The molecule has 2 aromatic carbocycles. The number of benzene rings is 2. The predicted molar refractivity (Wildman–Crippen MR) is 118 cm³/mol. The van der Waals surface area contributed by atoms with Crippen LogP contribution in [0.5, 0.6) is 0 Å². The average Bonchev–Trinajstić information content (AvgIpc) is 2.68. The number of hydrogen-bond donors (Lipinski definition) is 2. The van der Waals surface area contributed by atoms with E-state index in [1.807, 2.05) is 24.3 Å². The zero-order valence-electron chi connectivity index (χ0n) is 16.8. The molecular weight excluding hydrogens is 346 g/mol. The standard InChI is InChI=1S/C24H29N3O/c1-17(2)16-22(25)24(28)26-20-12-9-18(10-13-20)8-11-19-14-15-27(3)23-7-5-4-6-21(19)23/h4-15,17,19,22H,16,25H2,1-3H3,(H,26,28)/b11-8+/t19?,22-/m1/s1. The fourth-order valence-electron chi connectivity index (χ4n) is 3.41. The van der Waals surface area contributed by atoms with Crippen LogP contribution in [0, 0.1) is 5.92 Å². The molecule has 2 atom stereocenters. The first-order chi connectivity index (χ1) is 13.4. The Morgan fingerprint density at radius 2 is 1.89 bits per heavy atom. The molecule has 0 fully saturated rings. The maximum atomic E-state index is 12.1. The third-order valence-electron chi connectivity index (χ3n) is 4.93. The SMILES string of the molecule is CC(C)C[C@@H](N)C(=O)Nc1ccc(/C=C/C2C=CN(C)c3ccccc32)cc1. The van der Waals surface area contributed by atoms with E-state index in [2.05, 4.69) is 79.8 Å². The van der Waals surface area contributed by atoms with Crippen molar-refractivity contribution in [1.82, 2.24) is 0 Å². The number of nitrogens with two attached hydrogens (primary N) is 1. The molecule has 0 aromatic heterocycles. The van der Waals surface area contributed by atoms with Gasteiger partial charge in [0.15, 0.2) is 0 Å². The Morgan fingerprint density at radius 3 is 2.61 bits per heavy atom. The third-order valence-corrected chi connectivity index (χ3v) is 4.93. The van der Waals surface area contributed by atoms with Gasteiger partial charge in [-0.05, 0) is 41.7 Å². The summed E-state index contributed by atoms with van der Waals surface area (Å²) in [5.74, 6) is 0.512. The lowest BCUT2D eigenvalue weighted by Gasteiger charge is -2.26. The van der Waals surface area contributed by atoms with Crippen molar-refractivity contribution in [3.63, 3.8) is 0 Å². The number of allylic oxidation sites excluding steroid dienone is 2. The minimum atomic E-state index is -0.476. The molecule has 146 valence electrons. The molecule has 0 bridgehead atoms. The molecule has 0 spiro atoms. The minimum absolute atomic E-state index is 0.134. The highest BCUT2D eigenvalue weighted by Gasteiger charge is 2.16. The van der Waals surface area contributed by atoms with Crippen LogP contribution in [0.15, 0.2) is 66.9 Å². The van der Waals surface area contributed by atoms with Gasteiger partial charge in [0.25, 0.3) is 0 Å². The van der Waals surface area contributed by atoms with Crippen LogP contribution < -0.4 is 16.0 Å². The first kappa shape index (κ1) is 19.9. The van der Waals surface area contributed by atoms with Gasteiger partial charge in [-0.2, -0.15) is 0 Å². The predicted octanol–water partition coefficient (Wildman–Crippen LogP) is 4.76. The van der Waals surface area contributed by atoms with Crippen LogP contribution in [0.25, 0.3) is 6.08 Å². The fourth-order valence-corrected chi connectivity index (χ4v) is 3.41. The summed E-state index contributed by atoms with van der Waals surface area (Å²) in [7, 11) is 2.06. The molecule has 1 aliphatic rings. The molecule has 0 saturated carbocycles. The summed E-state index contributed by atoms with van der Waals surface area (Å²) in [4.78, 5) is 14.3. The van der Waals surface area contributed by atoms with E-state index in [9.17, 15) is 4.79 Å². The van der Waals surface area contributed by atoms with Gasteiger partial charge in [0.1, 0.15) is 0 Å². The van der Waals surface area contributed by atoms with Crippen molar-refractivity contribution in [2.45, 2.75) is 32.2 Å². The van der Waals surface area contributed by atoms with Crippen molar-refractivity contribution < 1.29 is 4.79 Å². The molecule has 0 aliphatic carbocycles. The molecule has 3 N–H and O–H groups in total. The monoisotopic (exact) mass is 375 g/mol. The quantitative estimate of drug-likeness (QED) is 0.765. The molecule has 1 amide bonds. The van der Waals surface area contributed by atoms with Crippen LogP contribution in [0.4, 0.5) is 11.4 Å². The maximum absolute atomic E-state index is 12.1. The van der Waals surface area contributed by atoms with Gasteiger partial charge in [0.05, 0.1) is 6.04 Å². The Kier molecular flexibility index (Phi) is 6.32. The summed E-state index contributed by atoms with van der Waals surface area (Å²) >= 11 is 0. The summed E-state index contributed by atoms with van der Waals surface area (Å²) in [6.45, 7) is 4.12. The number of para-hydroxylation sites is 1. The molecule has 1 unspecified atom stereocenters. The second-order valence-electron chi connectivity index (χ2n) is 7.74. The number of carbonyl (C=O) groups excluding carboxylic acids is 1. The van der Waals surface area contributed by atoms with Crippen LogP contribution >= 0.6 is 0 Å². The van der Waals surface area contributed by atoms with Gasteiger partial charge in [-0.25, -0.2) is 0 Å². The lowest BCUT2D eigenvalue weighted by molar-refractivity contribution is -0.117. The van der Waals surface area contributed by atoms with E-state index >= 15 is 0 Å². The van der Waals surface area contributed by atoms with E-state index in [0.717, 1.165) is 11.3 Å². The van der Waals surface area contributed by atoms with Gasteiger partial charge >= 0.3 is 0 Å². The molecule has 4 nitrogen and oxygen atoms in total. The highest BCUT2D eigenvalue weighted by atomic mass is 16.2. The van der Waals surface area contributed by atoms with Gasteiger partial charge in [-0.15, -0.1) is 0 Å². The lowest BCUT2D eigenvalue weighted by atomic mass is 9.93. The summed E-state index contributed by atoms with van der Waals surface area (Å²) in [6.07, 6.45) is 9.31. The Balaban J connectivity index is 1.65. The van der Waals surface area contributed by atoms with E-state index in [-0.39, 0.29) is 11.8 Å². The Morgan fingerprint density at radius 1 is 1.18 bits per heavy atom. The van der Waals surface area contributed by atoms with E-state index in [4.69, 9.17) is 5.73 Å². The molecule has 2 aromatic rings. The van der Waals surface area contributed by atoms with Crippen molar-refractivity contribution >= 4 is 23.4 Å². The largest absolute Gasteiger partial charge is 0.351 e. The van der Waals surface area contributed by atoms with E-state index in [0.29, 0.717) is 12.3 Å². The Bertz CT molecular complexity index is 868. The molecule has 0 saturated heterocycles. The topological polar surface area (TPSA) is 58.4 Å². The van der Waals surface area contributed by atoms with E-state index < -0.39 is 6.04 Å². The average molecular weight is 376 g/mol. The van der Waals surface area contributed by atoms with E-state index in [1.165, 1.54) is 11.3 Å². The van der Waals surface area contributed by atoms with Gasteiger partial charge < -0.3 is 16.0 Å². The fraction of sp³-hybridized carbons (Fsp3) is 0.292. The summed E-state index contributed by atoms with van der Waals surface area (Å²) < 4.78 is 0. The lowest BCUT2D eigenvalue weighted by Crippen LogP contribution is -2.36. The molecule has 3 rings (SSSR count). The maximum Gasteiger partial charge on any atom is 0.241 e. The number of fused-ring (bicyclic) bond motifs is 1. The number of hydrogen-bond acceptors (Lipinski definition) is 3. The van der Waals surface area contributed by atoms with Crippen LogP contribution in [0.1, 0.15) is 37.3 Å². The van der Waals surface area contributed by atoms with Crippen molar-refractivity contribution in [2.75, 3.05) is 17.3 Å². The third kappa shape index (κ3) is 4.90. The van der Waals surface area contributed by atoms with E-state index in [1.54, 1.807) is 0 Å². The number of nitrogens with zero attached hydrogens (tertiary/aromatic N) is 1. The normalized spacial score (nSPS) is 17.0. The summed E-state index contributed by atoms with van der Waals surface area (Å²) in [6, 6.07) is 15.8. The number of anilines is 2. The molecule has 1 heterocycles. The smallest absolute Gasteiger partial charge is 0.241 e. The van der Waals surface area contributed by atoms with Gasteiger partial charge in [0, 0.05) is 30.5 Å². The second kappa shape index (κ2) is 8.89. The molecule has 0 radical (unpaired) electrons. The van der Waals surface area contributed by atoms with Crippen molar-refractivity contribution in [3.05, 3.63) is 78.0 Å². The van der Waals surface area contributed by atoms with Gasteiger partial charge in [-0.3, -0.25) is 4.79 Å². The molecule has 4 heteroatoms. The zero-order valence-corrected chi connectivity index (χ0v) is 16.8. The Labute approximate surface area is 167 Å². The van der Waals surface area contributed by atoms with Crippen molar-refractivity contribution in [1.29, 1.82) is 0 Å². The molecule has 1 aliphatic heterocycles. The summed E-state index contributed by atoms with van der Waals surface area (Å²) in [5.41, 5.74) is 10.3.